The molecule has 5 heteroatoms. The smallest absolute Gasteiger partial charge is 0.253 e. The number of benzene rings is 2. The van der Waals surface area contributed by atoms with Crippen LogP contribution in [-0.2, 0) is 0 Å². The highest BCUT2D eigenvalue weighted by atomic mass is 15.6. The van der Waals surface area contributed by atoms with Crippen molar-refractivity contribution in [2.45, 2.75) is 19.3 Å². The summed E-state index contributed by atoms with van der Waals surface area (Å²) in [5.74, 6) is 9.92. The summed E-state index contributed by atoms with van der Waals surface area (Å²) >= 11 is 0. The summed E-state index contributed by atoms with van der Waals surface area (Å²) in [5, 5.41) is 1.11. The number of nitrogens with two attached hydrogens (primary N) is 1. The van der Waals surface area contributed by atoms with Crippen molar-refractivity contribution in [3.8, 4) is 11.3 Å². The highest BCUT2D eigenvalue weighted by molar-refractivity contribution is 6.02. The topological polar surface area (TPSA) is 63.6 Å². The van der Waals surface area contributed by atoms with E-state index in [1.165, 1.54) is 19.3 Å². The van der Waals surface area contributed by atoms with Gasteiger partial charge in [0.25, 0.3) is 5.84 Å². The number of allylic oxidation sites excluding steroid dienone is 2. The molecule has 2 saturated carbocycles. The molecule has 0 spiro atoms. The zero-order valence-electron chi connectivity index (χ0n) is 17.7. The monoisotopic (exact) mass is 418 g/mol. The van der Waals surface area contributed by atoms with Crippen LogP contribution >= 0.6 is 0 Å². The summed E-state index contributed by atoms with van der Waals surface area (Å²) in [6.07, 6.45) is 9.61. The third-order valence-electron chi connectivity index (χ3n) is 7.56. The highest BCUT2D eigenvalue weighted by Gasteiger charge is 2.59. The number of fused-ring (bicyclic) bond motifs is 3. The van der Waals surface area contributed by atoms with Crippen molar-refractivity contribution in [3.63, 3.8) is 0 Å². The third kappa shape index (κ3) is 2.55. The number of pyridine rings is 1. The van der Waals surface area contributed by atoms with Crippen LogP contribution in [0.25, 0.3) is 22.2 Å². The number of aromatic nitrogens is 1. The first-order chi connectivity index (χ1) is 15.7. The van der Waals surface area contributed by atoms with Gasteiger partial charge in [0.15, 0.2) is 0 Å². The van der Waals surface area contributed by atoms with E-state index >= 15 is 0 Å². The van der Waals surface area contributed by atoms with Gasteiger partial charge in [0.2, 0.25) is 5.70 Å². The second-order valence-corrected chi connectivity index (χ2v) is 9.31. The molecule has 3 unspecified atom stereocenters. The van der Waals surface area contributed by atoms with Crippen molar-refractivity contribution in [3.05, 3.63) is 90.0 Å². The van der Waals surface area contributed by atoms with E-state index in [0.29, 0.717) is 5.92 Å². The van der Waals surface area contributed by atoms with Crippen LogP contribution in [-0.4, -0.2) is 21.6 Å². The van der Waals surface area contributed by atoms with Gasteiger partial charge in [0, 0.05) is 16.9 Å². The molecule has 5 nitrogen and oxygen atoms in total. The van der Waals surface area contributed by atoms with Crippen LogP contribution in [0.3, 0.4) is 0 Å². The Morgan fingerprint density at radius 2 is 1.72 bits per heavy atom. The van der Waals surface area contributed by atoms with Crippen molar-refractivity contribution in [1.82, 2.24) is 4.98 Å². The molecule has 1 aromatic heterocycles. The first-order valence-electron chi connectivity index (χ1n) is 11.4. The van der Waals surface area contributed by atoms with Gasteiger partial charge in [0.1, 0.15) is 11.9 Å². The van der Waals surface area contributed by atoms with Crippen LogP contribution in [0.5, 0.6) is 0 Å². The number of hydrogen-bond donors (Lipinski definition) is 1. The molecule has 4 aliphatic rings. The molecule has 0 amide bonds. The lowest BCUT2D eigenvalue weighted by molar-refractivity contribution is -0.750. The predicted octanol–water partition coefficient (Wildman–Crippen LogP) is 5.17. The standard InChI is InChI=1S/C27H24N5/c28-32-14-13-29-16-24(32)26(25-20-7-4-8-21(20)25)31-27(32)19-10-9-18-11-12-22(30-23(18)15-19)17-5-2-1-3-6-17/h1-3,5-6,9-16,20-21,25H,4,7-8,28H2/q+1. The Labute approximate surface area is 186 Å². The summed E-state index contributed by atoms with van der Waals surface area (Å²) in [7, 11) is 0. The van der Waals surface area contributed by atoms with Crippen LogP contribution in [0.15, 0.2) is 94.4 Å². The minimum Gasteiger partial charge on any atom is -0.253 e. The van der Waals surface area contributed by atoms with Gasteiger partial charge < -0.3 is 0 Å². The molecule has 7 rings (SSSR count). The Morgan fingerprint density at radius 1 is 0.906 bits per heavy atom. The molecular formula is C27H24N5+. The summed E-state index contributed by atoms with van der Waals surface area (Å²) in [6.45, 7) is 0. The van der Waals surface area contributed by atoms with Gasteiger partial charge in [-0.1, -0.05) is 48.9 Å². The largest absolute Gasteiger partial charge is 0.264 e. The molecule has 2 aromatic carbocycles. The number of rotatable bonds is 3. The van der Waals surface area contributed by atoms with Crippen molar-refractivity contribution in [2.24, 2.45) is 33.6 Å². The molecule has 32 heavy (non-hydrogen) atoms. The summed E-state index contributed by atoms with van der Waals surface area (Å²) in [4.78, 5) is 14.5. The van der Waals surface area contributed by atoms with Crippen LogP contribution in [0.4, 0.5) is 0 Å². The quantitative estimate of drug-likeness (QED) is 0.471. The molecule has 3 atom stereocenters. The minimum absolute atomic E-state index is 0.0959. The third-order valence-corrected chi connectivity index (χ3v) is 7.56. The maximum Gasteiger partial charge on any atom is 0.264 e. The SMILES string of the molecule is N[N+]12C=CN=CC1=C(C1C3CCCC31)N=C2c1ccc2ccc(-c3ccccc3)nc2c1. The molecule has 2 aliphatic heterocycles. The predicted molar refractivity (Wildman–Crippen MR) is 127 cm³/mol. The first kappa shape index (κ1) is 18.2. The van der Waals surface area contributed by atoms with Gasteiger partial charge >= 0.3 is 0 Å². The first-order valence-corrected chi connectivity index (χ1v) is 11.4. The van der Waals surface area contributed by atoms with Crippen molar-refractivity contribution in [2.75, 3.05) is 0 Å². The van der Waals surface area contributed by atoms with Gasteiger partial charge in [-0.3, -0.25) is 4.99 Å². The lowest BCUT2D eigenvalue weighted by Gasteiger charge is -2.26. The van der Waals surface area contributed by atoms with Gasteiger partial charge in [-0.15, -0.1) is 4.59 Å². The Balaban J connectivity index is 1.33. The number of amidine groups is 1. The Morgan fingerprint density at radius 3 is 2.56 bits per heavy atom. The normalized spacial score (nSPS) is 29.9. The fourth-order valence-corrected chi connectivity index (χ4v) is 5.90. The Bertz CT molecular complexity index is 1370. The van der Waals surface area contributed by atoms with E-state index in [1.54, 1.807) is 6.20 Å². The van der Waals surface area contributed by atoms with Crippen LogP contribution < -0.4 is 5.84 Å². The van der Waals surface area contributed by atoms with E-state index in [1.807, 2.05) is 30.6 Å². The Hall–Kier alpha value is -3.41. The molecule has 3 heterocycles. The maximum atomic E-state index is 6.96. The molecular weight excluding hydrogens is 394 g/mol. The zero-order chi connectivity index (χ0) is 21.3. The fraction of sp³-hybridized carbons (Fsp3) is 0.222. The van der Waals surface area contributed by atoms with Crippen molar-refractivity contribution < 1.29 is 4.59 Å². The molecule has 2 aliphatic carbocycles. The highest BCUT2D eigenvalue weighted by Crippen LogP contribution is 2.62. The van der Waals surface area contributed by atoms with Crippen molar-refractivity contribution >= 4 is 23.0 Å². The molecule has 156 valence electrons. The number of hydrogen-bond acceptors (Lipinski definition) is 4. The van der Waals surface area contributed by atoms with Crippen molar-refractivity contribution in [1.29, 1.82) is 0 Å². The van der Waals surface area contributed by atoms with Gasteiger partial charge in [0.05, 0.1) is 29.2 Å². The Kier molecular flexibility index (Phi) is 3.72. The lowest BCUT2D eigenvalue weighted by Crippen LogP contribution is -2.53. The van der Waals surface area contributed by atoms with Gasteiger partial charge in [-0.2, -0.15) is 10.8 Å². The van der Waals surface area contributed by atoms with E-state index in [9.17, 15) is 0 Å². The minimum atomic E-state index is 0.0959. The summed E-state index contributed by atoms with van der Waals surface area (Å²) in [5.41, 5.74) is 6.21. The summed E-state index contributed by atoms with van der Waals surface area (Å²) < 4.78 is 0.0959. The zero-order valence-corrected chi connectivity index (χ0v) is 17.7. The van der Waals surface area contributed by atoms with Crippen LogP contribution in [0.2, 0.25) is 0 Å². The van der Waals surface area contributed by atoms with E-state index < -0.39 is 0 Å². The van der Waals surface area contributed by atoms with Crippen LogP contribution in [0.1, 0.15) is 24.8 Å². The van der Waals surface area contributed by atoms with Crippen LogP contribution in [0, 0.1) is 17.8 Å². The number of quaternary nitrogens is 1. The lowest BCUT2D eigenvalue weighted by atomic mass is 10.1. The molecule has 0 bridgehead atoms. The van der Waals surface area contributed by atoms with Gasteiger partial charge in [-0.25, -0.2) is 4.98 Å². The van der Waals surface area contributed by atoms with E-state index in [-0.39, 0.29) is 4.59 Å². The van der Waals surface area contributed by atoms with E-state index in [2.05, 4.69) is 47.5 Å². The summed E-state index contributed by atoms with van der Waals surface area (Å²) in [6, 6.07) is 20.9. The average Bonchev–Trinajstić information content (AvgIpc) is 3.16. The maximum absolute atomic E-state index is 6.96. The van der Waals surface area contributed by atoms with Gasteiger partial charge in [-0.05, 0) is 42.9 Å². The molecule has 0 saturated heterocycles. The van der Waals surface area contributed by atoms with E-state index in [0.717, 1.165) is 56.8 Å². The number of nitrogens with zero attached hydrogens (tertiary/aromatic N) is 4. The molecule has 3 aromatic rings. The fourth-order valence-electron chi connectivity index (χ4n) is 5.90. The molecule has 2 N–H and O–H groups in total. The molecule has 2 fully saturated rings. The second-order valence-electron chi connectivity index (χ2n) is 9.31. The molecule has 0 radical (unpaired) electrons. The van der Waals surface area contributed by atoms with E-state index in [4.69, 9.17) is 15.8 Å². The number of aliphatic imine (C=N–C) groups is 2. The second kappa shape index (κ2) is 6.55. The average molecular weight is 419 g/mol.